The fourth-order valence-electron chi connectivity index (χ4n) is 2.21. The number of halogens is 2. The summed E-state index contributed by atoms with van der Waals surface area (Å²) < 4.78 is 12.6. The Kier molecular flexibility index (Phi) is 5.23. The Morgan fingerprint density at radius 1 is 1.28 bits per heavy atom. The molecule has 0 aliphatic rings. The molecule has 3 aromatic rings. The van der Waals surface area contributed by atoms with Crippen molar-refractivity contribution in [2.75, 3.05) is 6.61 Å². The van der Waals surface area contributed by atoms with Crippen molar-refractivity contribution in [2.24, 2.45) is 0 Å². The van der Waals surface area contributed by atoms with Crippen LogP contribution in [0.5, 0.6) is 5.75 Å². The van der Waals surface area contributed by atoms with Gasteiger partial charge in [-0.15, -0.1) is 6.42 Å². The van der Waals surface area contributed by atoms with E-state index in [1.165, 1.54) is 0 Å². The molecule has 3 rings (SSSR count). The molecule has 1 aromatic heterocycles. The second-order valence-electron chi connectivity index (χ2n) is 4.96. The molecule has 2 aromatic carbocycles. The number of fused-ring (bicyclic) bond motifs is 1. The van der Waals surface area contributed by atoms with Crippen molar-refractivity contribution >= 4 is 54.6 Å². The van der Waals surface area contributed by atoms with Gasteiger partial charge in [-0.25, -0.2) is 4.98 Å². The average Bonchev–Trinajstić information content (AvgIpc) is 3.03. The smallest absolute Gasteiger partial charge is 0.238 e. The Hall–Kier alpha value is -2.54. The third-order valence-corrected chi connectivity index (χ3v) is 4.45. The molecular weight excluding hydrogens is 448 g/mol. The molecule has 0 atom stereocenters. The molecule has 4 nitrogen and oxygen atoms in total. The summed E-state index contributed by atoms with van der Waals surface area (Å²) in [6, 6.07) is 13.2. The first-order valence-corrected chi connectivity index (χ1v) is 8.74. The SMILES string of the molecule is C#CCOc1c(Br)cc(/C=C(\C#N)c2nc3ccccc3o2)cc1Br. The Balaban J connectivity index is 2.00. The summed E-state index contributed by atoms with van der Waals surface area (Å²) in [7, 11) is 0. The maximum Gasteiger partial charge on any atom is 0.238 e. The van der Waals surface area contributed by atoms with Gasteiger partial charge in [0, 0.05) is 0 Å². The second-order valence-corrected chi connectivity index (χ2v) is 6.67. The number of aromatic nitrogens is 1. The van der Waals surface area contributed by atoms with Crippen molar-refractivity contribution in [3.63, 3.8) is 0 Å². The second kappa shape index (κ2) is 7.57. The van der Waals surface area contributed by atoms with Crippen molar-refractivity contribution in [3.8, 4) is 24.2 Å². The fourth-order valence-corrected chi connectivity index (χ4v) is 3.66. The van der Waals surface area contributed by atoms with E-state index in [1.807, 2.05) is 36.4 Å². The molecule has 25 heavy (non-hydrogen) atoms. The van der Waals surface area contributed by atoms with Gasteiger partial charge in [0.25, 0.3) is 0 Å². The number of nitrogens with zero attached hydrogens (tertiary/aromatic N) is 2. The molecule has 0 fully saturated rings. The third kappa shape index (κ3) is 3.76. The molecule has 6 heteroatoms. The molecule has 0 N–H and O–H groups in total. The topological polar surface area (TPSA) is 59.0 Å². The van der Waals surface area contributed by atoms with Crippen LogP contribution in [-0.2, 0) is 0 Å². The summed E-state index contributed by atoms with van der Waals surface area (Å²) in [5.41, 5.74) is 2.45. The summed E-state index contributed by atoms with van der Waals surface area (Å²) >= 11 is 6.90. The summed E-state index contributed by atoms with van der Waals surface area (Å²) in [6.45, 7) is 0.165. The molecule has 0 unspecified atom stereocenters. The predicted molar refractivity (Wildman–Crippen MR) is 104 cm³/mol. The van der Waals surface area contributed by atoms with Crippen LogP contribution in [0.2, 0.25) is 0 Å². The monoisotopic (exact) mass is 456 g/mol. The fraction of sp³-hybridized carbons (Fsp3) is 0.0526. The number of benzene rings is 2. The van der Waals surface area contributed by atoms with Crippen molar-refractivity contribution in [1.82, 2.24) is 4.98 Å². The van der Waals surface area contributed by atoms with Crippen molar-refractivity contribution in [3.05, 3.63) is 56.8 Å². The molecule has 0 amide bonds. The number of terminal acetylenes is 1. The van der Waals surface area contributed by atoms with E-state index in [0.29, 0.717) is 22.4 Å². The molecule has 0 radical (unpaired) electrons. The van der Waals surface area contributed by atoms with Crippen molar-refractivity contribution in [2.45, 2.75) is 0 Å². The summed E-state index contributed by atoms with van der Waals surface area (Å²) in [6.07, 6.45) is 6.92. The predicted octanol–water partition coefficient (Wildman–Crippen LogP) is 5.43. The lowest BCUT2D eigenvalue weighted by Crippen LogP contribution is -1.96. The van der Waals surface area contributed by atoms with Gasteiger partial charge >= 0.3 is 0 Å². The van der Waals surface area contributed by atoms with Crippen molar-refractivity contribution < 1.29 is 9.15 Å². The normalized spacial score (nSPS) is 11.1. The van der Waals surface area contributed by atoms with E-state index in [9.17, 15) is 5.26 Å². The molecule has 0 aliphatic heterocycles. The minimum atomic E-state index is 0.165. The molecule has 0 spiro atoms. The number of ether oxygens (including phenoxy) is 1. The van der Waals surface area contributed by atoms with Crippen LogP contribution >= 0.6 is 31.9 Å². The van der Waals surface area contributed by atoms with Gasteiger partial charge in [-0.05, 0) is 67.8 Å². The Morgan fingerprint density at radius 2 is 2.00 bits per heavy atom. The molecule has 0 saturated carbocycles. The van der Waals surface area contributed by atoms with Crippen LogP contribution in [0, 0.1) is 23.7 Å². The highest BCUT2D eigenvalue weighted by Crippen LogP contribution is 2.36. The van der Waals surface area contributed by atoms with Crippen LogP contribution in [0.25, 0.3) is 22.7 Å². The number of oxazole rings is 1. The highest BCUT2D eigenvalue weighted by Gasteiger charge is 2.12. The number of rotatable bonds is 4. The first-order chi connectivity index (χ1) is 12.1. The van der Waals surface area contributed by atoms with Crippen LogP contribution < -0.4 is 4.74 Å². The minimum absolute atomic E-state index is 0.165. The molecule has 0 saturated heterocycles. The van der Waals surface area contributed by atoms with Gasteiger partial charge in [0.2, 0.25) is 5.89 Å². The first kappa shape index (κ1) is 17.3. The summed E-state index contributed by atoms with van der Waals surface area (Å²) in [5, 5.41) is 9.49. The number of hydrogen-bond acceptors (Lipinski definition) is 4. The maximum absolute atomic E-state index is 9.49. The quantitative estimate of drug-likeness (QED) is 0.387. The summed E-state index contributed by atoms with van der Waals surface area (Å²) in [5.74, 6) is 3.31. The van der Waals surface area contributed by atoms with Gasteiger partial charge in [-0.3, -0.25) is 0 Å². The average molecular weight is 458 g/mol. The standard InChI is InChI=1S/C19H10Br2N2O2/c1-2-7-24-18-14(20)9-12(10-15(18)21)8-13(11-22)19-23-16-5-3-4-6-17(16)25-19/h1,3-6,8-10H,7H2/b13-8+. The number of nitriles is 1. The Labute approximate surface area is 161 Å². The zero-order valence-corrected chi connectivity index (χ0v) is 16.0. The van der Waals surface area contributed by atoms with Gasteiger partial charge in [0.05, 0.1) is 8.95 Å². The van der Waals surface area contributed by atoms with E-state index >= 15 is 0 Å². The zero-order valence-electron chi connectivity index (χ0n) is 12.8. The molecule has 0 aliphatic carbocycles. The first-order valence-electron chi connectivity index (χ1n) is 7.15. The van der Waals surface area contributed by atoms with Gasteiger partial charge < -0.3 is 9.15 Å². The molecule has 0 bridgehead atoms. The van der Waals surface area contributed by atoms with Gasteiger partial charge in [-0.1, -0.05) is 18.1 Å². The van der Waals surface area contributed by atoms with E-state index in [0.717, 1.165) is 14.5 Å². The lowest BCUT2D eigenvalue weighted by molar-refractivity contribution is 0.365. The van der Waals surface area contributed by atoms with Crippen LogP contribution in [0.15, 0.2) is 49.8 Å². The number of hydrogen-bond donors (Lipinski definition) is 0. The Bertz CT molecular complexity index is 999. The third-order valence-electron chi connectivity index (χ3n) is 3.28. The van der Waals surface area contributed by atoms with Crippen LogP contribution in [0.3, 0.4) is 0 Å². The van der Waals surface area contributed by atoms with E-state index < -0.39 is 0 Å². The van der Waals surface area contributed by atoms with Crippen LogP contribution in [0.4, 0.5) is 0 Å². The van der Waals surface area contributed by atoms with E-state index in [4.69, 9.17) is 15.6 Å². The maximum atomic E-state index is 9.49. The lowest BCUT2D eigenvalue weighted by atomic mass is 10.1. The molecule has 122 valence electrons. The van der Waals surface area contributed by atoms with E-state index in [-0.39, 0.29) is 12.5 Å². The Morgan fingerprint density at radius 3 is 2.64 bits per heavy atom. The van der Waals surface area contributed by atoms with E-state index in [2.05, 4.69) is 48.8 Å². The summed E-state index contributed by atoms with van der Waals surface area (Å²) in [4.78, 5) is 4.36. The minimum Gasteiger partial charge on any atom is -0.479 e. The van der Waals surface area contributed by atoms with Crippen LogP contribution in [-0.4, -0.2) is 11.6 Å². The largest absolute Gasteiger partial charge is 0.479 e. The van der Waals surface area contributed by atoms with Gasteiger partial charge in [0.1, 0.15) is 29.5 Å². The highest BCUT2D eigenvalue weighted by molar-refractivity contribution is 9.11. The number of allylic oxidation sites excluding steroid dienone is 1. The van der Waals surface area contributed by atoms with E-state index in [1.54, 1.807) is 6.08 Å². The van der Waals surface area contributed by atoms with Crippen LogP contribution in [0.1, 0.15) is 11.5 Å². The zero-order chi connectivity index (χ0) is 17.8. The highest BCUT2D eigenvalue weighted by atomic mass is 79.9. The molecular formula is C19H10Br2N2O2. The molecule has 1 heterocycles. The van der Waals surface area contributed by atoms with Crippen molar-refractivity contribution in [1.29, 1.82) is 5.26 Å². The van der Waals surface area contributed by atoms with Gasteiger partial charge in [0.15, 0.2) is 5.58 Å². The van der Waals surface area contributed by atoms with Gasteiger partial charge in [-0.2, -0.15) is 5.26 Å². The number of para-hydroxylation sites is 2. The lowest BCUT2D eigenvalue weighted by Gasteiger charge is -2.09.